The Morgan fingerprint density at radius 3 is 2.31 bits per heavy atom. The van der Waals surface area contributed by atoms with Crippen LogP contribution >= 0.6 is 0 Å². The zero-order valence-electron chi connectivity index (χ0n) is 11.3. The van der Waals surface area contributed by atoms with Crippen LogP contribution in [0.5, 0.6) is 0 Å². The second-order valence-electron chi connectivity index (χ2n) is 6.24. The van der Waals surface area contributed by atoms with Gasteiger partial charge < -0.3 is 10.1 Å². The minimum absolute atomic E-state index is 0.109. The topological polar surface area (TPSA) is 38.3 Å². The van der Waals surface area contributed by atoms with Crippen LogP contribution in [0.25, 0.3) is 0 Å². The molecule has 0 amide bonds. The largest absolute Gasteiger partial charge is 0.459 e. The highest BCUT2D eigenvalue weighted by Gasteiger charge is 2.37. The van der Waals surface area contributed by atoms with Crippen molar-refractivity contribution in [1.29, 1.82) is 0 Å². The molecule has 1 N–H and O–H groups in total. The molecule has 0 saturated carbocycles. The van der Waals surface area contributed by atoms with E-state index < -0.39 is 5.60 Å². The molecular formula is C13H25NO2. The van der Waals surface area contributed by atoms with Crippen LogP contribution in [0.1, 0.15) is 48.0 Å². The fourth-order valence-corrected chi connectivity index (χ4v) is 2.37. The average Bonchev–Trinajstić information content (AvgIpc) is 2.44. The quantitative estimate of drug-likeness (QED) is 0.736. The molecule has 0 aromatic heterocycles. The van der Waals surface area contributed by atoms with Crippen molar-refractivity contribution in [3.8, 4) is 0 Å². The first-order valence-electron chi connectivity index (χ1n) is 6.19. The molecule has 3 nitrogen and oxygen atoms in total. The smallest absolute Gasteiger partial charge is 0.323 e. The van der Waals surface area contributed by atoms with E-state index >= 15 is 0 Å². The van der Waals surface area contributed by atoms with Gasteiger partial charge in [0.25, 0.3) is 0 Å². The number of hydrogen-bond donors (Lipinski definition) is 1. The van der Waals surface area contributed by atoms with Crippen LogP contribution in [0.2, 0.25) is 0 Å². The second kappa shape index (κ2) is 4.74. The third-order valence-electron chi connectivity index (χ3n) is 3.02. The third-order valence-corrected chi connectivity index (χ3v) is 3.02. The predicted octanol–water partition coefficient (Wildman–Crippen LogP) is 2.35. The molecule has 0 spiro atoms. The summed E-state index contributed by atoms with van der Waals surface area (Å²) in [4.78, 5) is 11.9. The van der Waals surface area contributed by atoms with E-state index in [-0.39, 0.29) is 12.0 Å². The molecule has 0 bridgehead atoms. The molecular weight excluding hydrogens is 202 g/mol. The zero-order valence-corrected chi connectivity index (χ0v) is 11.3. The molecule has 16 heavy (non-hydrogen) atoms. The van der Waals surface area contributed by atoms with E-state index in [4.69, 9.17) is 4.74 Å². The normalized spacial score (nSPS) is 30.8. The van der Waals surface area contributed by atoms with Crippen LogP contribution in [0.15, 0.2) is 0 Å². The number of ether oxygens (including phenoxy) is 1. The standard InChI is InChI=1S/C13H25NO2/c1-8(2)11-9(3)7-10(14-11)12(15)16-13(4,5)6/h8-11,14H,7H2,1-6H3/t9-,10?,11-/m0/s1. The van der Waals surface area contributed by atoms with Crippen molar-refractivity contribution >= 4 is 5.97 Å². The number of carbonyl (C=O) groups excluding carboxylic acids is 1. The number of carbonyl (C=O) groups is 1. The van der Waals surface area contributed by atoms with E-state index in [0.29, 0.717) is 17.9 Å². The van der Waals surface area contributed by atoms with Gasteiger partial charge in [-0.3, -0.25) is 4.79 Å². The monoisotopic (exact) mass is 227 g/mol. The van der Waals surface area contributed by atoms with E-state index in [1.165, 1.54) is 0 Å². The van der Waals surface area contributed by atoms with Crippen LogP contribution in [-0.4, -0.2) is 23.7 Å². The molecule has 0 aromatic rings. The van der Waals surface area contributed by atoms with E-state index in [1.807, 2.05) is 20.8 Å². The Kier molecular flexibility index (Phi) is 4.00. The van der Waals surface area contributed by atoms with Crippen molar-refractivity contribution in [3.63, 3.8) is 0 Å². The lowest BCUT2D eigenvalue weighted by molar-refractivity contribution is -0.157. The lowest BCUT2D eigenvalue weighted by atomic mass is 9.93. The molecule has 1 aliphatic rings. The van der Waals surface area contributed by atoms with Gasteiger partial charge in [0.2, 0.25) is 0 Å². The van der Waals surface area contributed by atoms with Crippen molar-refractivity contribution in [3.05, 3.63) is 0 Å². The second-order valence-corrected chi connectivity index (χ2v) is 6.24. The molecule has 1 saturated heterocycles. The van der Waals surface area contributed by atoms with Gasteiger partial charge in [0.05, 0.1) is 0 Å². The first-order valence-corrected chi connectivity index (χ1v) is 6.19. The molecule has 0 radical (unpaired) electrons. The van der Waals surface area contributed by atoms with Gasteiger partial charge in [-0.15, -0.1) is 0 Å². The van der Waals surface area contributed by atoms with Gasteiger partial charge in [0.1, 0.15) is 11.6 Å². The molecule has 1 aliphatic heterocycles. The lowest BCUT2D eigenvalue weighted by Gasteiger charge is -2.23. The van der Waals surface area contributed by atoms with Crippen molar-refractivity contribution in [1.82, 2.24) is 5.32 Å². The Balaban J connectivity index is 2.55. The minimum Gasteiger partial charge on any atom is -0.459 e. The van der Waals surface area contributed by atoms with Crippen LogP contribution in [0, 0.1) is 11.8 Å². The summed E-state index contributed by atoms with van der Waals surface area (Å²) in [6, 6.07) is 0.305. The number of rotatable bonds is 2. The predicted molar refractivity (Wildman–Crippen MR) is 65.2 cm³/mol. The maximum atomic E-state index is 11.9. The molecule has 1 unspecified atom stereocenters. The highest BCUT2D eigenvalue weighted by molar-refractivity contribution is 5.76. The molecule has 3 atom stereocenters. The summed E-state index contributed by atoms with van der Waals surface area (Å²) in [5.74, 6) is 0.988. The van der Waals surface area contributed by atoms with Gasteiger partial charge in [0, 0.05) is 6.04 Å². The van der Waals surface area contributed by atoms with Crippen LogP contribution in [-0.2, 0) is 9.53 Å². The van der Waals surface area contributed by atoms with E-state index in [2.05, 4.69) is 26.1 Å². The lowest BCUT2D eigenvalue weighted by Crippen LogP contribution is -2.41. The molecule has 1 heterocycles. The molecule has 1 rings (SSSR count). The molecule has 3 heteroatoms. The van der Waals surface area contributed by atoms with Crippen molar-refractivity contribution in [2.75, 3.05) is 0 Å². The maximum absolute atomic E-state index is 11.9. The van der Waals surface area contributed by atoms with Crippen LogP contribution in [0.3, 0.4) is 0 Å². The summed E-state index contributed by atoms with van der Waals surface area (Å²) in [6.07, 6.45) is 0.887. The van der Waals surface area contributed by atoms with Gasteiger partial charge in [-0.05, 0) is 39.0 Å². The molecule has 0 aromatic carbocycles. The molecule has 0 aliphatic carbocycles. The van der Waals surface area contributed by atoms with Gasteiger partial charge in [-0.25, -0.2) is 0 Å². The van der Waals surface area contributed by atoms with E-state index in [0.717, 1.165) is 6.42 Å². The SMILES string of the molecule is CC(C)[C@@H]1NC(C(=O)OC(C)(C)C)C[C@@H]1C. The fourth-order valence-electron chi connectivity index (χ4n) is 2.37. The summed E-state index contributed by atoms with van der Waals surface area (Å²) in [5.41, 5.74) is -0.391. The Morgan fingerprint density at radius 1 is 1.38 bits per heavy atom. The highest BCUT2D eigenvalue weighted by Crippen LogP contribution is 2.26. The number of nitrogens with one attached hydrogen (secondary N) is 1. The Labute approximate surface area is 98.9 Å². The third kappa shape index (κ3) is 3.48. The van der Waals surface area contributed by atoms with Gasteiger partial charge in [0.15, 0.2) is 0 Å². The Hall–Kier alpha value is -0.570. The Morgan fingerprint density at radius 2 is 1.94 bits per heavy atom. The van der Waals surface area contributed by atoms with Gasteiger partial charge in [-0.2, -0.15) is 0 Å². The van der Waals surface area contributed by atoms with Crippen LogP contribution in [0.4, 0.5) is 0 Å². The highest BCUT2D eigenvalue weighted by atomic mass is 16.6. The number of esters is 1. The molecule has 1 fully saturated rings. The first kappa shape index (κ1) is 13.5. The maximum Gasteiger partial charge on any atom is 0.323 e. The van der Waals surface area contributed by atoms with E-state index in [1.54, 1.807) is 0 Å². The summed E-state index contributed by atoms with van der Waals surface area (Å²) in [5, 5.41) is 3.39. The van der Waals surface area contributed by atoms with E-state index in [9.17, 15) is 4.79 Å². The summed E-state index contributed by atoms with van der Waals surface area (Å²) < 4.78 is 5.40. The molecule has 94 valence electrons. The summed E-state index contributed by atoms with van der Waals surface area (Å²) >= 11 is 0. The fraction of sp³-hybridized carbons (Fsp3) is 0.923. The van der Waals surface area contributed by atoms with Gasteiger partial charge >= 0.3 is 5.97 Å². The summed E-state index contributed by atoms with van der Waals surface area (Å²) in [6.45, 7) is 12.3. The number of hydrogen-bond acceptors (Lipinski definition) is 3. The zero-order chi connectivity index (χ0) is 12.5. The van der Waals surface area contributed by atoms with Crippen molar-refractivity contribution in [2.45, 2.75) is 65.6 Å². The minimum atomic E-state index is -0.391. The van der Waals surface area contributed by atoms with Crippen molar-refractivity contribution in [2.24, 2.45) is 11.8 Å². The summed E-state index contributed by atoms with van der Waals surface area (Å²) in [7, 11) is 0. The average molecular weight is 227 g/mol. The van der Waals surface area contributed by atoms with Crippen LogP contribution < -0.4 is 5.32 Å². The Bertz CT molecular complexity index is 255. The first-order chi connectivity index (χ1) is 7.20. The van der Waals surface area contributed by atoms with Gasteiger partial charge in [-0.1, -0.05) is 20.8 Å². The van der Waals surface area contributed by atoms with Crippen molar-refractivity contribution < 1.29 is 9.53 Å².